The van der Waals surface area contributed by atoms with Gasteiger partial charge in [0.2, 0.25) is 0 Å². The molecule has 0 fully saturated rings. The topological polar surface area (TPSA) is 63.6 Å². The van der Waals surface area contributed by atoms with E-state index in [1.165, 1.54) is 17.6 Å². The van der Waals surface area contributed by atoms with E-state index in [0.29, 0.717) is 33.7 Å². The molecule has 0 radical (unpaired) electrons. The molecule has 0 aliphatic rings. The van der Waals surface area contributed by atoms with Crippen LogP contribution in [-0.2, 0) is 0 Å². The predicted molar refractivity (Wildman–Crippen MR) is 120 cm³/mol. The maximum absolute atomic E-state index is 12.5. The minimum Gasteiger partial charge on any atom is -0.490 e. The predicted octanol–water partition coefficient (Wildman–Crippen LogP) is 5.98. The van der Waals surface area contributed by atoms with E-state index in [1.807, 2.05) is 44.2 Å². The van der Waals surface area contributed by atoms with E-state index in [-0.39, 0.29) is 5.91 Å². The molecule has 5 nitrogen and oxygen atoms in total. The van der Waals surface area contributed by atoms with E-state index in [1.54, 1.807) is 12.1 Å². The highest BCUT2D eigenvalue weighted by atomic mass is 35.5. The molecule has 2 aromatic carbocycles. The molecule has 150 valence electrons. The molecular formula is C21H19Cl2N3O2S. The summed E-state index contributed by atoms with van der Waals surface area (Å²) >= 11 is 13.9. The van der Waals surface area contributed by atoms with Crippen molar-refractivity contribution in [2.45, 2.75) is 20.3 Å². The average molecular weight is 448 g/mol. The number of aromatic nitrogens is 1. The summed E-state index contributed by atoms with van der Waals surface area (Å²) in [5.74, 6) is 0.0696. The Balaban J connectivity index is 1.69. The Bertz CT molecular complexity index is 1010. The van der Waals surface area contributed by atoms with Crippen molar-refractivity contribution in [1.82, 2.24) is 10.4 Å². The lowest BCUT2D eigenvalue weighted by Crippen LogP contribution is -2.19. The molecule has 0 saturated carbocycles. The number of hydrogen-bond acceptors (Lipinski definition) is 5. The van der Waals surface area contributed by atoms with E-state index in [4.69, 9.17) is 27.9 Å². The second kappa shape index (κ2) is 9.87. The van der Waals surface area contributed by atoms with Crippen molar-refractivity contribution in [1.29, 1.82) is 0 Å². The van der Waals surface area contributed by atoms with Crippen molar-refractivity contribution in [2.75, 3.05) is 6.61 Å². The molecule has 0 bridgehead atoms. The van der Waals surface area contributed by atoms with Crippen molar-refractivity contribution < 1.29 is 9.53 Å². The molecule has 1 aromatic heterocycles. The summed E-state index contributed by atoms with van der Waals surface area (Å²) in [5, 5.41) is 5.57. The monoisotopic (exact) mass is 447 g/mol. The highest BCUT2D eigenvalue weighted by Crippen LogP contribution is 2.34. The molecule has 0 unspecified atom stereocenters. The minimum atomic E-state index is -0.378. The number of ether oxygens (including phenoxy) is 1. The Morgan fingerprint density at radius 2 is 1.93 bits per heavy atom. The number of carbonyl (C=O) groups excluding carboxylic acids is 1. The molecule has 0 spiro atoms. The second-order valence-corrected chi connectivity index (χ2v) is 8.17. The minimum absolute atomic E-state index is 0.352. The lowest BCUT2D eigenvalue weighted by atomic mass is 10.2. The van der Waals surface area contributed by atoms with Gasteiger partial charge >= 0.3 is 0 Å². The van der Waals surface area contributed by atoms with Crippen LogP contribution in [0.4, 0.5) is 0 Å². The highest BCUT2D eigenvalue weighted by Gasteiger charge is 2.16. The van der Waals surface area contributed by atoms with Gasteiger partial charge in [-0.15, -0.1) is 11.3 Å². The fourth-order valence-electron chi connectivity index (χ4n) is 2.53. The van der Waals surface area contributed by atoms with Crippen molar-refractivity contribution in [3.05, 3.63) is 68.6 Å². The van der Waals surface area contributed by atoms with Gasteiger partial charge in [0.05, 0.1) is 22.9 Å². The Kier molecular flexibility index (Phi) is 7.25. The third-order valence-electron chi connectivity index (χ3n) is 3.88. The smallest absolute Gasteiger partial charge is 0.291 e. The van der Waals surface area contributed by atoms with Crippen LogP contribution in [0.2, 0.25) is 10.0 Å². The van der Waals surface area contributed by atoms with E-state index < -0.39 is 0 Å². The first-order chi connectivity index (χ1) is 14.0. The third kappa shape index (κ3) is 5.35. The van der Waals surface area contributed by atoms with Gasteiger partial charge in [0.25, 0.3) is 5.91 Å². The van der Waals surface area contributed by atoms with E-state index in [9.17, 15) is 4.79 Å². The van der Waals surface area contributed by atoms with Gasteiger partial charge in [0.15, 0.2) is 5.75 Å². The molecular weight excluding hydrogens is 429 g/mol. The van der Waals surface area contributed by atoms with Crippen LogP contribution in [0.3, 0.4) is 0 Å². The molecule has 1 amide bonds. The summed E-state index contributed by atoms with van der Waals surface area (Å²) in [6.45, 7) is 4.39. The first-order valence-electron chi connectivity index (χ1n) is 8.97. The van der Waals surface area contributed by atoms with Gasteiger partial charge in [-0.3, -0.25) is 4.79 Å². The maximum Gasteiger partial charge on any atom is 0.291 e. The molecule has 0 aliphatic heterocycles. The number of aryl methyl sites for hydroxylation is 1. The Morgan fingerprint density at radius 1 is 1.24 bits per heavy atom. The summed E-state index contributed by atoms with van der Waals surface area (Å²) in [5.41, 5.74) is 4.46. The number of nitrogens with zero attached hydrogens (tertiary/aromatic N) is 2. The van der Waals surface area contributed by atoms with E-state index in [0.717, 1.165) is 21.9 Å². The van der Waals surface area contributed by atoms with Gasteiger partial charge in [-0.2, -0.15) is 5.10 Å². The van der Waals surface area contributed by atoms with Gasteiger partial charge < -0.3 is 4.74 Å². The SMILES string of the molecule is CCCOc1c(Cl)cc(/C=N\NC(=O)c2nc(-c3ccccc3)sc2C)cc1Cl. The molecule has 29 heavy (non-hydrogen) atoms. The zero-order valence-corrected chi connectivity index (χ0v) is 18.2. The quantitative estimate of drug-likeness (QED) is 0.357. The highest BCUT2D eigenvalue weighted by molar-refractivity contribution is 7.15. The van der Waals surface area contributed by atoms with Gasteiger partial charge in [0, 0.05) is 10.4 Å². The normalized spacial score (nSPS) is 11.0. The largest absolute Gasteiger partial charge is 0.490 e. The van der Waals surface area contributed by atoms with Crippen molar-refractivity contribution >= 4 is 46.7 Å². The molecule has 0 aliphatic carbocycles. The van der Waals surface area contributed by atoms with Gasteiger partial charge in [-0.25, -0.2) is 10.4 Å². The fourth-order valence-corrected chi connectivity index (χ4v) is 4.05. The van der Waals surface area contributed by atoms with Crippen LogP contribution in [0.15, 0.2) is 47.6 Å². The summed E-state index contributed by atoms with van der Waals surface area (Å²) in [4.78, 5) is 17.7. The number of benzene rings is 2. The van der Waals surface area contributed by atoms with Gasteiger partial charge in [-0.05, 0) is 31.0 Å². The Hall–Kier alpha value is -2.41. The number of nitrogens with one attached hydrogen (secondary N) is 1. The van der Waals surface area contributed by atoms with Crippen LogP contribution in [0.1, 0.15) is 34.3 Å². The lowest BCUT2D eigenvalue weighted by Gasteiger charge is -2.09. The summed E-state index contributed by atoms with van der Waals surface area (Å²) < 4.78 is 5.54. The number of amides is 1. The molecule has 3 aromatic rings. The van der Waals surface area contributed by atoms with Crippen LogP contribution >= 0.6 is 34.5 Å². The summed E-state index contributed by atoms with van der Waals surface area (Å²) in [6.07, 6.45) is 2.32. The van der Waals surface area contributed by atoms with Crippen molar-refractivity contribution in [2.24, 2.45) is 5.10 Å². The number of hydrazone groups is 1. The second-order valence-electron chi connectivity index (χ2n) is 6.15. The van der Waals surface area contributed by atoms with Crippen LogP contribution in [0.25, 0.3) is 10.6 Å². The number of thiazole rings is 1. The average Bonchev–Trinajstić information content (AvgIpc) is 3.10. The lowest BCUT2D eigenvalue weighted by molar-refractivity contribution is 0.0950. The van der Waals surface area contributed by atoms with Crippen LogP contribution in [-0.4, -0.2) is 23.7 Å². The summed E-state index contributed by atoms with van der Waals surface area (Å²) in [6, 6.07) is 13.1. The van der Waals surface area contributed by atoms with Crippen LogP contribution in [0.5, 0.6) is 5.75 Å². The standard InChI is InChI=1S/C21H19Cl2N3O2S/c1-3-9-28-19-16(22)10-14(11-17(19)23)12-24-26-20(27)18-13(2)29-21(25-18)15-7-5-4-6-8-15/h4-8,10-12H,3,9H2,1-2H3,(H,26,27)/b24-12-. The number of hydrogen-bond donors (Lipinski definition) is 1. The van der Waals surface area contributed by atoms with Crippen LogP contribution < -0.4 is 10.2 Å². The molecule has 8 heteroatoms. The molecule has 3 rings (SSSR count). The number of rotatable bonds is 7. The van der Waals surface area contributed by atoms with Crippen molar-refractivity contribution in [3.63, 3.8) is 0 Å². The van der Waals surface area contributed by atoms with Gasteiger partial charge in [-0.1, -0.05) is 60.5 Å². The Morgan fingerprint density at radius 3 is 2.59 bits per heavy atom. The van der Waals surface area contributed by atoms with Gasteiger partial charge in [0.1, 0.15) is 10.7 Å². The zero-order chi connectivity index (χ0) is 20.8. The summed E-state index contributed by atoms with van der Waals surface area (Å²) in [7, 11) is 0. The molecule has 0 atom stereocenters. The molecule has 1 N–H and O–H groups in total. The fraction of sp³-hybridized carbons (Fsp3) is 0.190. The van der Waals surface area contributed by atoms with Crippen molar-refractivity contribution in [3.8, 4) is 16.3 Å². The maximum atomic E-state index is 12.5. The Labute approximate surface area is 183 Å². The van der Waals surface area contributed by atoms with E-state index >= 15 is 0 Å². The van der Waals surface area contributed by atoms with E-state index in [2.05, 4.69) is 15.5 Å². The molecule has 0 saturated heterocycles. The number of halogens is 2. The number of carbonyl (C=O) groups is 1. The third-order valence-corrected chi connectivity index (χ3v) is 5.46. The first-order valence-corrected chi connectivity index (χ1v) is 10.5. The molecule has 1 heterocycles. The zero-order valence-electron chi connectivity index (χ0n) is 15.9. The first kappa shape index (κ1) is 21.3. The van der Waals surface area contributed by atoms with Crippen LogP contribution in [0, 0.1) is 6.92 Å².